The van der Waals surface area contributed by atoms with Crippen molar-refractivity contribution in [3.63, 3.8) is 0 Å². The summed E-state index contributed by atoms with van der Waals surface area (Å²) in [5.41, 5.74) is 4.70. The average molecular weight is 460 g/mol. The molecule has 0 radical (unpaired) electrons. The number of carbonyl (C=O) groups is 1. The van der Waals surface area contributed by atoms with E-state index in [4.69, 9.17) is 11.6 Å². The van der Waals surface area contributed by atoms with Crippen LogP contribution >= 0.6 is 11.6 Å². The first-order valence-corrected chi connectivity index (χ1v) is 11.5. The van der Waals surface area contributed by atoms with E-state index in [1.54, 1.807) is 6.33 Å². The number of nitrogens with zero attached hydrogens (tertiary/aromatic N) is 4. The Morgan fingerprint density at radius 1 is 0.939 bits per heavy atom. The van der Waals surface area contributed by atoms with Gasteiger partial charge in [0.1, 0.15) is 0 Å². The van der Waals surface area contributed by atoms with Crippen LogP contribution in [0.5, 0.6) is 0 Å². The third-order valence-corrected chi connectivity index (χ3v) is 6.30. The van der Waals surface area contributed by atoms with Crippen LogP contribution in [-0.2, 0) is 13.1 Å². The highest BCUT2D eigenvalue weighted by molar-refractivity contribution is 6.30. The van der Waals surface area contributed by atoms with Gasteiger partial charge in [-0.25, -0.2) is 9.99 Å². The summed E-state index contributed by atoms with van der Waals surface area (Å²) in [6.45, 7) is 4.72. The van der Waals surface area contributed by atoms with Gasteiger partial charge in [-0.2, -0.15) is 0 Å². The number of hydrogen-bond acceptors (Lipinski definition) is 4. The van der Waals surface area contributed by atoms with E-state index in [0.29, 0.717) is 12.1 Å². The normalized spacial score (nSPS) is 15.1. The number of imidazole rings is 1. The summed E-state index contributed by atoms with van der Waals surface area (Å²) in [5.74, 6) is -0.00126. The van der Waals surface area contributed by atoms with Crippen molar-refractivity contribution in [1.29, 1.82) is 0 Å². The smallest absolute Gasteiger partial charge is 0.268 e. The van der Waals surface area contributed by atoms with Gasteiger partial charge in [0.15, 0.2) is 0 Å². The van der Waals surface area contributed by atoms with Crippen molar-refractivity contribution in [1.82, 2.24) is 24.9 Å². The summed E-state index contributed by atoms with van der Waals surface area (Å²) in [7, 11) is 0. The maximum Gasteiger partial charge on any atom is 0.268 e. The zero-order chi connectivity index (χ0) is 22.6. The largest absolute Gasteiger partial charge is 0.345 e. The highest BCUT2D eigenvalue weighted by Crippen LogP contribution is 2.19. The van der Waals surface area contributed by atoms with Crippen LogP contribution in [-0.4, -0.2) is 57.0 Å². The van der Waals surface area contributed by atoms with E-state index < -0.39 is 0 Å². The number of hydrazine groups is 1. The Labute approximate surface area is 198 Å². The molecule has 2 heterocycles. The van der Waals surface area contributed by atoms with Gasteiger partial charge in [0.25, 0.3) is 5.91 Å². The first kappa shape index (κ1) is 21.6. The number of rotatable bonds is 6. The lowest BCUT2D eigenvalue weighted by atomic mass is 10.1. The molecular weight excluding hydrogens is 434 g/mol. The molecule has 1 N–H and O–H groups in total. The van der Waals surface area contributed by atoms with Crippen LogP contribution in [0.2, 0.25) is 5.02 Å². The summed E-state index contributed by atoms with van der Waals surface area (Å²) in [4.78, 5) is 23.4. The number of H-pyrrole nitrogens is 1. The molecule has 0 atom stereocenters. The predicted octanol–water partition coefficient (Wildman–Crippen LogP) is 4.59. The zero-order valence-corrected chi connectivity index (χ0v) is 19.1. The Morgan fingerprint density at radius 2 is 1.73 bits per heavy atom. The zero-order valence-electron chi connectivity index (χ0n) is 18.3. The Bertz CT molecular complexity index is 1230. The molecule has 1 aliphatic rings. The number of halogens is 1. The van der Waals surface area contributed by atoms with Crippen molar-refractivity contribution in [2.75, 3.05) is 26.2 Å². The number of amides is 1. The van der Waals surface area contributed by atoms with Crippen molar-refractivity contribution in [3.05, 3.63) is 101 Å². The number of nitrogens with one attached hydrogen (secondary N) is 1. The van der Waals surface area contributed by atoms with Crippen LogP contribution in [0.1, 0.15) is 21.5 Å². The van der Waals surface area contributed by atoms with Gasteiger partial charge in [-0.05, 0) is 41.5 Å². The lowest BCUT2D eigenvalue weighted by Crippen LogP contribution is -2.55. The van der Waals surface area contributed by atoms with Crippen molar-refractivity contribution in [3.8, 4) is 0 Å². The maximum absolute atomic E-state index is 13.6. The van der Waals surface area contributed by atoms with Gasteiger partial charge < -0.3 is 4.98 Å². The first-order chi connectivity index (χ1) is 16.2. The molecule has 0 unspecified atom stereocenters. The summed E-state index contributed by atoms with van der Waals surface area (Å²) in [6, 6.07) is 23.8. The number of hydrogen-bond donors (Lipinski definition) is 1. The highest BCUT2D eigenvalue weighted by Gasteiger charge is 2.27. The molecule has 5 rings (SSSR count). The Morgan fingerprint density at radius 3 is 2.52 bits per heavy atom. The number of piperazine rings is 1. The Hall–Kier alpha value is -3.19. The molecule has 6 nitrogen and oxygen atoms in total. The van der Waals surface area contributed by atoms with Gasteiger partial charge in [-0.3, -0.25) is 14.7 Å². The molecule has 1 saturated heterocycles. The molecule has 33 heavy (non-hydrogen) atoms. The van der Waals surface area contributed by atoms with Gasteiger partial charge in [0.2, 0.25) is 0 Å². The van der Waals surface area contributed by atoms with Crippen LogP contribution in [0.25, 0.3) is 11.0 Å². The Kier molecular flexibility index (Phi) is 6.39. The lowest BCUT2D eigenvalue weighted by Gasteiger charge is -2.41. The fraction of sp³-hybridized carbons (Fsp3) is 0.231. The summed E-state index contributed by atoms with van der Waals surface area (Å²) >= 11 is 6.15. The fourth-order valence-electron chi connectivity index (χ4n) is 4.30. The van der Waals surface area contributed by atoms with Gasteiger partial charge in [-0.1, -0.05) is 54.1 Å². The molecule has 0 spiro atoms. The molecule has 0 bridgehead atoms. The number of fused-ring (bicyclic) bond motifs is 1. The van der Waals surface area contributed by atoms with Crippen LogP contribution < -0.4 is 0 Å². The molecule has 7 heteroatoms. The van der Waals surface area contributed by atoms with Crippen LogP contribution in [0.3, 0.4) is 0 Å². The minimum absolute atomic E-state index is 0.00126. The van der Waals surface area contributed by atoms with Crippen LogP contribution in [0.4, 0.5) is 0 Å². The molecular formula is C26H26ClN5O. The Balaban J connectivity index is 1.33. The van der Waals surface area contributed by atoms with E-state index in [2.05, 4.69) is 38.1 Å². The van der Waals surface area contributed by atoms with Gasteiger partial charge >= 0.3 is 0 Å². The van der Waals surface area contributed by atoms with Gasteiger partial charge in [0, 0.05) is 43.3 Å². The molecule has 3 aromatic carbocycles. The second-order valence-corrected chi connectivity index (χ2v) is 8.78. The van der Waals surface area contributed by atoms with Crippen LogP contribution in [0, 0.1) is 0 Å². The summed E-state index contributed by atoms with van der Waals surface area (Å²) in [5, 5.41) is 4.84. The van der Waals surface area contributed by atoms with Crippen molar-refractivity contribution >= 4 is 28.5 Å². The van der Waals surface area contributed by atoms with E-state index in [-0.39, 0.29) is 5.91 Å². The van der Waals surface area contributed by atoms with E-state index in [1.165, 1.54) is 5.56 Å². The third-order valence-electron chi connectivity index (χ3n) is 6.06. The molecule has 1 fully saturated rings. The minimum Gasteiger partial charge on any atom is -0.345 e. The molecule has 0 aliphatic carbocycles. The maximum atomic E-state index is 13.6. The second-order valence-electron chi connectivity index (χ2n) is 8.34. The SMILES string of the molecule is O=C(c1ccc2nc[nH]c2c1)N(Cc1ccccc1)N1CCN(Cc2cccc(Cl)c2)CC1. The molecule has 0 saturated carbocycles. The summed E-state index contributed by atoms with van der Waals surface area (Å²) < 4.78 is 0. The molecule has 1 aromatic heterocycles. The fourth-order valence-corrected chi connectivity index (χ4v) is 4.52. The van der Waals surface area contributed by atoms with E-state index >= 15 is 0 Å². The van der Waals surface area contributed by atoms with Gasteiger partial charge in [0.05, 0.1) is 23.9 Å². The molecule has 1 aliphatic heterocycles. The third kappa shape index (κ3) is 5.09. The van der Waals surface area contributed by atoms with E-state index in [1.807, 2.05) is 59.6 Å². The van der Waals surface area contributed by atoms with Crippen molar-refractivity contribution < 1.29 is 4.79 Å². The minimum atomic E-state index is -0.00126. The average Bonchev–Trinajstić information content (AvgIpc) is 3.31. The first-order valence-electron chi connectivity index (χ1n) is 11.2. The number of aromatic nitrogens is 2. The highest BCUT2D eigenvalue weighted by atomic mass is 35.5. The van der Waals surface area contributed by atoms with Gasteiger partial charge in [-0.15, -0.1) is 0 Å². The molecule has 1 amide bonds. The van der Waals surface area contributed by atoms with Crippen molar-refractivity contribution in [2.45, 2.75) is 13.1 Å². The number of aromatic amines is 1. The topological polar surface area (TPSA) is 55.5 Å². The lowest BCUT2D eigenvalue weighted by molar-refractivity contribution is -0.0438. The monoisotopic (exact) mass is 459 g/mol. The summed E-state index contributed by atoms with van der Waals surface area (Å²) in [6.07, 6.45) is 1.65. The standard InChI is InChI=1S/C26H26ClN5O/c27-23-8-4-7-21(15-23)17-30-11-13-31(14-12-30)32(18-20-5-2-1-3-6-20)26(33)22-9-10-24-25(16-22)29-19-28-24/h1-10,15-16,19H,11-14,17-18H2,(H,28,29). The van der Waals surface area contributed by atoms with Crippen molar-refractivity contribution in [2.24, 2.45) is 0 Å². The molecule has 168 valence electrons. The quantitative estimate of drug-likeness (QED) is 0.458. The molecule has 4 aromatic rings. The van der Waals surface area contributed by atoms with E-state index in [0.717, 1.165) is 54.3 Å². The van der Waals surface area contributed by atoms with E-state index in [9.17, 15) is 4.79 Å². The number of benzene rings is 3. The predicted molar refractivity (Wildman–Crippen MR) is 131 cm³/mol. The second kappa shape index (κ2) is 9.75. The number of carbonyl (C=O) groups excluding carboxylic acids is 1. The van der Waals surface area contributed by atoms with Crippen LogP contribution in [0.15, 0.2) is 79.1 Å².